The number of carbonyl (C=O) groups is 1. The third-order valence-electron chi connectivity index (χ3n) is 6.13. The van der Waals surface area contributed by atoms with E-state index < -0.39 is 22.2 Å². The van der Waals surface area contributed by atoms with Gasteiger partial charge in [0.25, 0.3) is 5.91 Å². The van der Waals surface area contributed by atoms with Gasteiger partial charge in [-0.1, -0.05) is 26.0 Å². The van der Waals surface area contributed by atoms with Gasteiger partial charge in [0.1, 0.15) is 5.75 Å². The van der Waals surface area contributed by atoms with Crippen LogP contribution in [0.5, 0.6) is 5.75 Å². The lowest BCUT2D eigenvalue weighted by atomic mass is 9.87. The Bertz CT molecular complexity index is 860. The number of unbranched alkanes of at least 4 members (excludes halogenated alkanes) is 1. The Morgan fingerprint density at radius 3 is 2.50 bits per heavy atom. The second-order valence-corrected chi connectivity index (χ2v) is 11.4. The first-order chi connectivity index (χ1) is 16.2. The minimum atomic E-state index is -3.37. The van der Waals surface area contributed by atoms with Crippen LogP contribution in [-0.2, 0) is 14.8 Å². The molecule has 0 radical (unpaired) electrons. The Labute approximate surface area is 203 Å². The Balaban J connectivity index is 1.85. The van der Waals surface area contributed by atoms with E-state index in [2.05, 4.69) is 10.0 Å². The van der Waals surface area contributed by atoms with E-state index in [9.17, 15) is 18.3 Å². The highest BCUT2D eigenvalue weighted by Crippen LogP contribution is 2.27. The van der Waals surface area contributed by atoms with Gasteiger partial charge >= 0.3 is 0 Å². The van der Waals surface area contributed by atoms with Crippen molar-refractivity contribution in [3.63, 3.8) is 0 Å². The van der Waals surface area contributed by atoms with Crippen LogP contribution in [0.3, 0.4) is 0 Å². The molecule has 0 heterocycles. The number of aliphatic hydroxyl groups is 1. The first-order valence-electron chi connectivity index (χ1n) is 12.1. The van der Waals surface area contributed by atoms with E-state index in [0.717, 1.165) is 12.8 Å². The average Bonchev–Trinajstić information content (AvgIpc) is 3.66. The Hall–Kier alpha value is -1.72. The maximum atomic E-state index is 12.9. The van der Waals surface area contributed by atoms with E-state index in [4.69, 9.17) is 15.2 Å². The predicted octanol–water partition coefficient (Wildman–Crippen LogP) is 1.65. The molecule has 194 valence electrons. The van der Waals surface area contributed by atoms with Crippen molar-refractivity contribution in [2.75, 3.05) is 33.4 Å². The summed E-state index contributed by atoms with van der Waals surface area (Å²) in [4.78, 5) is 12.9. The van der Waals surface area contributed by atoms with Crippen molar-refractivity contribution >= 4 is 15.9 Å². The number of benzene rings is 1. The van der Waals surface area contributed by atoms with Gasteiger partial charge in [0.15, 0.2) is 0 Å². The number of nitrogens with two attached hydrogens (primary N) is 1. The Kier molecular flexibility index (Phi) is 11.7. The summed E-state index contributed by atoms with van der Waals surface area (Å²) >= 11 is 0. The highest BCUT2D eigenvalue weighted by atomic mass is 32.2. The normalized spacial score (nSPS) is 16.8. The van der Waals surface area contributed by atoms with Crippen LogP contribution in [0.1, 0.15) is 56.3 Å². The van der Waals surface area contributed by atoms with Crippen LogP contribution in [0.4, 0.5) is 0 Å². The summed E-state index contributed by atoms with van der Waals surface area (Å²) in [5.41, 5.74) is 6.65. The number of rotatable bonds is 17. The molecule has 3 atom stereocenters. The van der Waals surface area contributed by atoms with E-state index in [-0.39, 0.29) is 29.5 Å². The number of carbonyl (C=O) groups excluding carboxylic acids is 1. The van der Waals surface area contributed by atoms with Crippen molar-refractivity contribution in [3.05, 3.63) is 29.8 Å². The first kappa shape index (κ1) is 28.5. The molecule has 0 saturated heterocycles. The second-order valence-electron chi connectivity index (χ2n) is 9.32. The quantitative estimate of drug-likeness (QED) is 0.239. The fourth-order valence-electron chi connectivity index (χ4n) is 3.58. The van der Waals surface area contributed by atoms with Crippen LogP contribution in [0.25, 0.3) is 0 Å². The average molecular weight is 500 g/mol. The maximum Gasteiger partial charge on any atom is 0.255 e. The van der Waals surface area contributed by atoms with E-state index in [0.29, 0.717) is 50.3 Å². The van der Waals surface area contributed by atoms with Gasteiger partial charge in [-0.05, 0) is 56.1 Å². The molecule has 1 fully saturated rings. The zero-order valence-electron chi connectivity index (χ0n) is 20.5. The molecule has 0 bridgehead atoms. The molecule has 1 saturated carbocycles. The summed E-state index contributed by atoms with van der Waals surface area (Å²) < 4.78 is 37.3. The molecule has 9 nitrogen and oxygen atoms in total. The van der Waals surface area contributed by atoms with E-state index >= 15 is 0 Å². The van der Waals surface area contributed by atoms with Gasteiger partial charge in [0.05, 0.1) is 23.5 Å². The summed E-state index contributed by atoms with van der Waals surface area (Å²) in [6, 6.07) is 6.51. The molecule has 1 aromatic rings. The smallest absolute Gasteiger partial charge is 0.255 e. The molecule has 3 unspecified atom stereocenters. The van der Waals surface area contributed by atoms with Gasteiger partial charge in [-0.15, -0.1) is 0 Å². The number of hydrogen-bond acceptors (Lipinski definition) is 7. The van der Waals surface area contributed by atoms with Gasteiger partial charge in [-0.3, -0.25) is 4.79 Å². The number of ether oxygens (including phenoxy) is 2. The van der Waals surface area contributed by atoms with Crippen LogP contribution >= 0.6 is 0 Å². The van der Waals surface area contributed by atoms with Crippen molar-refractivity contribution < 1.29 is 27.8 Å². The van der Waals surface area contributed by atoms with Crippen molar-refractivity contribution in [2.45, 2.75) is 63.3 Å². The lowest BCUT2D eigenvalue weighted by molar-refractivity contribution is 0.0928. The van der Waals surface area contributed by atoms with Crippen LogP contribution in [0.2, 0.25) is 0 Å². The molecule has 1 amide bonds. The second kappa shape index (κ2) is 14.0. The van der Waals surface area contributed by atoms with Gasteiger partial charge in [-0.25, -0.2) is 13.1 Å². The molecule has 1 aliphatic rings. The van der Waals surface area contributed by atoms with Crippen molar-refractivity contribution in [2.24, 2.45) is 17.6 Å². The van der Waals surface area contributed by atoms with Crippen molar-refractivity contribution in [1.29, 1.82) is 0 Å². The largest absolute Gasteiger partial charge is 0.493 e. The molecule has 1 aliphatic carbocycles. The Morgan fingerprint density at radius 1 is 1.18 bits per heavy atom. The van der Waals surface area contributed by atoms with Crippen molar-refractivity contribution in [1.82, 2.24) is 10.0 Å². The van der Waals surface area contributed by atoms with E-state index in [1.807, 2.05) is 19.9 Å². The van der Waals surface area contributed by atoms with Gasteiger partial charge in [-0.2, -0.15) is 0 Å². The number of methoxy groups -OCH3 is 1. The maximum absolute atomic E-state index is 12.9. The number of aliphatic hydroxyl groups excluding tert-OH is 1. The minimum absolute atomic E-state index is 0.00997. The monoisotopic (exact) mass is 499 g/mol. The molecule has 0 spiro atoms. The lowest BCUT2D eigenvalue weighted by Gasteiger charge is -2.27. The topological polar surface area (TPSA) is 140 Å². The van der Waals surface area contributed by atoms with Crippen molar-refractivity contribution in [3.8, 4) is 5.75 Å². The molecular weight excluding hydrogens is 458 g/mol. The highest BCUT2D eigenvalue weighted by Gasteiger charge is 2.36. The van der Waals surface area contributed by atoms with E-state index in [1.54, 1.807) is 25.3 Å². The SMILES string of the molecule is COCCCCOc1ccccc1C(=O)NCC(CC(N)C(O)CNS(=O)(=O)C1CC1)C(C)C. The molecular formula is C24H41N3O6S. The Morgan fingerprint density at radius 2 is 1.85 bits per heavy atom. The van der Waals surface area contributed by atoms with Crippen LogP contribution in [0.15, 0.2) is 24.3 Å². The van der Waals surface area contributed by atoms with Gasteiger partial charge < -0.3 is 25.6 Å². The summed E-state index contributed by atoms with van der Waals surface area (Å²) in [6.07, 6.45) is 2.48. The van der Waals surface area contributed by atoms with Gasteiger partial charge in [0, 0.05) is 32.8 Å². The number of amides is 1. The third-order valence-corrected chi connectivity index (χ3v) is 8.04. The summed E-state index contributed by atoms with van der Waals surface area (Å²) in [6.45, 7) is 5.51. The fraction of sp³-hybridized carbons (Fsp3) is 0.708. The zero-order valence-corrected chi connectivity index (χ0v) is 21.4. The van der Waals surface area contributed by atoms with Crippen LogP contribution < -0.4 is 20.5 Å². The predicted molar refractivity (Wildman–Crippen MR) is 132 cm³/mol. The summed E-state index contributed by atoms with van der Waals surface area (Å²) in [5.74, 6) is 0.516. The molecule has 0 aliphatic heterocycles. The zero-order chi connectivity index (χ0) is 25.1. The molecule has 5 N–H and O–H groups in total. The molecule has 2 rings (SSSR count). The van der Waals surface area contributed by atoms with E-state index in [1.165, 1.54) is 0 Å². The standard InChI is InChI=1S/C24H41N3O6S/c1-17(2)18(14-21(25)22(28)16-27-34(30,31)19-10-11-19)15-26-24(29)20-8-4-5-9-23(20)33-13-7-6-12-32-3/h4-5,8-9,17-19,21-22,27-28H,6-7,10-16,25H2,1-3H3,(H,26,29). The van der Waals surface area contributed by atoms with Crippen LogP contribution in [0, 0.1) is 11.8 Å². The number of sulfonamides is 1. The summed E-state index contributed by atoms with van der Waals surface area (Å²) in [7, 11) is -1.71. The third kappa shape index (κ3) is 9.50. The lowest BCUT2D eigenvalue weighted by Crippen LogP contribution is -2.46. The molecule has 34 heavy (non-hydrogen) atoms. The van der Waals surface area contributed by atoms with Crippen LogP contribution in [-0.4, -0.2) is 70.2 Å². The molecule has 10 heteroatoms. The first-order valence-corrected chi connectivity index (χ1v) is 13.6. The summed E-state index contributed by atoms with van der Waals surface area (Å²) in [5, 5.41) is 13.0. The molecule has 1 aromatic carbocycles. The number of nitrogens with one attached hydrogen (secondary N) is 2. The fourth-order valence-corrected chi connectivity index (χ4v) is 4.97. The highest BCUT2D eigenvalue weighted by molar-refractivity contribution is 7.90. The minimum Gasteiger partial charge on any atom is -0.493 e. The van der Waals surface area contributed by atoms with Gasteiger partial charge in [0.2, 0.25) is 10.0 Å². The number of para-hydroxylation sites is 1. The molecule has 0 aromatic heterocycles. The number of hydrogen-bond donors (Lipinski definition) is 4.